The lowest BCUT2D eigenvalue weighted by Crippen LogP contribution is -2.14. The molecule has 1 aromatic carbocycles. The number of carbonyl (C=O) groups is 1. The van der Waals surface area contributed by atoms with Crippen molar-refractivity contribution in [3.8, 4) is 0 Å². The molecule has 0 spiro atoms. The summed E-state index contributed by atoms with van der Waals surface area (Å²) in [6.45, 7) is 6.64. The van der Waals surface area contributed by atoms with E-state index >= 15 is 0 Å². The van der Waals surface area contributed by atoms with Gasteiger partial charge in [-0.15, -0.1) is 0 Å². The van der Waals surface area contributed by atoms with Crippen LogP contribution in [-0.4, -0.2) is 10.4 Å². The molecule has 2 aromatic rings. The molecule has 0 aliphatic heterocycles. The Kier molecular flexibility index (Phi) is 4.99. The Bertz CT molecular complexity index is 681. The standard InChI is InChI=1S/C17H23NO3/c1-4-7-8-12(5-2)16(19)13-9-10-14-15(11-13)21-17(20)18(14)6-3/h9-12H,4-8H2,1-3H3. The number of hydrogen-bond donors (Lipinski definition) is 0. The van der Waals surface area contributed by atoms with Gasteiger partial charge in [0.1, 0.15) is 0 Å². The van der Waals surface area contributed by atoms with E-state index in [0.29, 0.717) is 17.7 Å². The van der Waals surface area contributed by atoms with E-state index < -0.39 is 0 Å². The number of hydrogen-bond acceptors (Lipinski definition) is 3. The molecule has 0 bridgehead atoms. The van der Waals surface area contributed by atoms with E-state index in [1.807, 2.05) is 19.9 Å². The summed E-state index contributed by atoms with van der Waals surface area (Å²) < 4.78 is 6.80. The minimum absolute atomic E-state index is 0.0578. The van der Waals surface area contributed by atoms with Crippen molar-refractivity contribution in [1.82, 2.24) is 4.57 Å². The quantitative estimate of drug-likeness (QED) is 0.723. The number of Topliss-reactive ketones (excluding diaryl/α,β-unsaturated/α-hetero) is 1. The van der Waals surface area contributed by atoms with Crippen molar-refractivity contribution >= 4 is 16.9 Å². The van der Waals surface area contributed by atoms with E-state index in [9.17, 15) is 9.59 Å². The molecule has 0 saturated heterocycles. The number of ketones is 1. The molecule has 4 heteroatoms. The number of benzene rings is 1. The van der Waals surface area contributed by atoms with E-state index in [-0.39, 0.29) is 17.5 Å². The third kappa shape index (κ3) is 3.09. The second-order valence-electron chi connectivity index (χ2n) is 5.41. The number of carbonyl (C=O) groups excluding carboxylic acids is 1. The van der Waals surface area contributed by atoms with Gasteiger partial charge in [0, 0.05) is 18.0 Å². The van der Waals surface area contributed by atoms with Crippen LogP contribution in [0.4, 0.5) is 0 Å². The van der Waals surface area contributed by atoms with Gasteiger partial charge in [0.25, 0.3) is 0 Å². The van der Waals surface area contributed by atoms with Crippen molar-refractivity contribution in [2.75, 3.05) is 0 Å². The van der Waals surface area contributed by atoms with Crippen LogP contribution in [0.2, 0.25) is 0 Å². The van der Waals surface area contributed by atoms with Crippen molar-refractivity contribution in [1.29, 1.82) is 0 Å². The van der Waals surface area contributed by atoms with Crippen LogP contribution < -0.4 is 5.76 Å². The number of rotatable bonds is 7. The lowest BCUT2D eigenvalue weighted by atomic mass is 9.90. The largest absolute Gasteiger partial charge is 0.419 e. The average molecular weight is 289 g/mol. The molecule has 0 amide bonds. The maximum atomic E-state index is 12.6. The highest BCUT2D eigenvalue weighted by atomic mass is 16.4. The molecule has 1 heterocycles. The van der Waals surface area contributed by atoms with E-state index in [1.54, 1.807) is 16.7 Å². The highest BCUT2D eigenvalue weighted by Crippen LogP contribution is 2.22. The average Bonchev–Trinajstić information content (AvgIpc) is 2.81. The van der Waals surface area contributed by atoms with Gasteiger partial charge in [0.2, 0.25) is 0 Å². The zero-order chi connectivity index (χ0) is 15.4. The molecule has 0 aliphatic rings. The van der Waals surface area contributed by atoms with Crippen molar-refractivity contribution in [3.63, 3.8) is 0 Å². The Hall–Kier alpha value is -1.84. The second-order valence-corrected chi connectivity index (χ2v) is 5.41. The van der Waals surface area contributed by atoms with Crippen LogP contribution in [0.25, 0.3) is 11.1 Å². The summed E-state index contributed by atoms with van der Waals surface area (Å²) in [5.74, 6) is -0.155. The first kappa shape index (κ1) is 15.5. The van der Waals surface area contributed by atoms with E-state index in [1.165, 1.54) is 0 Å². The smallest absolute Gasteiger partial charge is 0.408 e. The Morgan fingerprint density at radius 1 is 1.29 bits per heavy atom. The summed E-state index contributed by atoms with van der Waals surface area (Å²) in [4.78, 5) is 24.3. The lowest BCUT2D eigenvalue weighted by molar-refractivity contribution is 0.0908. The maximum absolute atomic E-state index is 12.6. The van der Waals surface area contributed by atoms with Gasteiger partial charge in [-0.2, -0.15) is 0 Å². The molecule has 0 N–H and O–H groups in total. The molecular formula is C17H23NO3. The van der Waals surface area contributed by atoms with Crippen molar-refractivity contribution < 1.29 is 9.21 Å². The van der Waals surface area contributed by atoms with Crippen molar-refractivity contribution in [2.24, 2.45) is 5.92 Å². The normalized spacial score (nSPS) is 12.7. The Morgan fingerprint density at radius 2 is 2.05 bits per heavy atom. The zero-order valence-corrected chi connectivity index (χ0v) is 13.0. The summed E-state index contributed by atoms with van der Waals surface area (Å²) in [6.07, 6.45) is 3.92. The first-order valence-electron chi connectivity index (χ1n) is 7.79. The molecule has 0 radical (unpaired) electrons. The Labute approximate surface area is 124 Å². The van der Waals surface area contributed by atoms with Gasteiger partial charge in [-0.25, -0.2) is 4.79 Å². The summed E-state index contributed by atoms with van der Waals surface area (Å²) >= 11 is 0. The molecule has 2 rings (SSSR count). The van der Waals surface area contributed by atoms with Gasteiger partial charge in [-0.3, -0.25) is 9.36 Å². The first-order valence-corrected chi connectivity index (χ1v) is 7.79. The second kappa shape index (κ2) is 6.74. The van der Waals surface area contributed by atoms with Gasteiger partial charge in [-0.1, -0.05) is 26.7 Å². The van der Waals surface area contributed by atoms with Gasteiger partial charge in [0.05, 0.1) is 5.52 Å². The predicted molar refractivity (Wildman–Crippen MR) is 83.8 cm³/mol. The third-order valence-electron chi connectivity index (χ3n) is 4.04. The first-order chi connectivity index (χ1) is 10.1. The van der Waals surface area contributed by atoms with Crippen LogP contribution >= 0.6 is 0 Å². The molecule has 1 atom stereocenters. The number of nitrogens with zero attached hydrogens (tertiary/aromatic N) is 1. The van der Waals surface area contributed by atoms with Crippen LogP contribution in [0, 0.1) is 5.92 Å². The van der Waals surface area contributed by atoms with Crippen LogP contribution in [0.3, 0.4) is 0 Å². The molecule has 0 fully saturated rings. The van der Waals surface area contributed by atoms with E-state index in [0.717, 1.165) is 31.2 Å². The van der Waals surface area contributed by atoms with Crippen LogP contribution in [0.1, 0.15) is 56.8 Å². The Morgan fingerprint density at radius 3 is 2.67 bits per heavy atom. The van der Waals surface area contributed by atoms with E-state index in [4.69, 9.17) is 4.42 Å². The fraction of sp³-hybridized carbons (Fsp3) is 0.529. The molecule has 0 aliphatic carbocycles. The number of aryl methyl sites for hydroxylation is 1. The maximum Gasteiger partial charge on any atom is 0.419 e. The molecule has 114 valence electrons. The fourth-order valence-corrected chi connectivity index (χ4v) is 2.73. The van der Waals surface area contributed by atoms with Crippen molar-refractivity contribution in [2.45, 2.75) is 53.0 Å². The highest BCUT2D eigenvalue weighted by Gasteiger charge is 2.19. The third-order valence-corrected chi connectivity index (χ3v) is 4.04. The van der Waals surface area contributed by atoms with Gasteiger partial charge < -0.3 is 4.42 Å². The van der Waals surface area contributed by atoms with Gasteiger partial charge in [-0.05, 0) is 38.0 Å². The number of unbranched alkanes of at least 4 members (excludes halogenated alkanes) is 1. The monoisotopic (exact) mass is 289 g/mol. The van der Waals surface area contributed by atoms with Crippen LogP contribution in [0.5, 0.6) is 0 Å². The SMILES string of the molecule is CCCCC(CC)C(=O)c1ccc2c(c1)oc(=O)n2CC. The number of aromatic nitrogens is 1. The number of fused-ring (bicyclic) bond motifs is 1. The molecule has 21 heavy (non-hydrogen) atoms. The minimum atomic E-state index is -0.366. The topological polar surface area (TPSA) is 52.2 Å². The van der Waals surface area contributed by atoms with E-state index in [2.05, 4.69) is 6.92 Å². The minimum Gasteiger partial charge on any atom is -0.408 e. The summed E-state index contributed by atoms with van der Waals surface area (Å²) in [7, 11) is 0. The zero-order valence-electron chi connectivity index (χ0n) is 13.0. The van der Waals surface area contributed by atoms with Crippen molar-refractivity contribution in [3.05, 3.63) is 34.3 Å². The molecule has 1 unspecified atom stereocenters. The number of oxazole rings is 1. The van der Waals surface area contributed by atoms with Gasteiger partial charge >= 0.3 is 5.76 Å². The summed E-state index contributed by atoms with van der Waals surface area (Å²) in [5, 5.41) is 0. The fourth-order valence-electron chi connectivity index (χ4n) is 2.73. The summed E-state index contributed by atoms with van der Waals surface area (Å²) in [6, 6.07) is 5.32. The molecule has 1 aromatic heterocycles. The molecule has 4 nitrogen and oxygen atoms in total. The Balaban J connectivity index is 2.34. The molecule has 0 saturated carbocycles. The lowest BCUT2D eigenvalue weighted by Gasteiger charge is -2.13. The molecular weight excluding hydrogens is 266 g/mol. The van der Waals surface area contributed by atoms with Crippen LogP contribution in [-0.2, 0) is 6.54 Å². The highest BCUT2D eigenvalue weighted by molar-refractivity contribution is 6.00. The van der Waals surface area contributed by atoms with Crippen LogP contribution in [0.15, 0.2) is 27.4 Å². The van der Waals surface area contributed by atoms with Gasteiger partial charge in [0.15, 0.2) is 11.4 Å². The predicted octanol–water partition coefficient (Wildman–Crippen LogP) is 4.01. The summed E-state index contributed by atoms with van der Waals surface area (Å²) in [5.41, 5.74) is 1.89.